The second kappa shape index (κ2) is 6.84. The van der Waals surface area contributed by atoms with Gasteiger partial charge >= 0.3 is 0 Å². The fourth-order valence-corrected chi connectivity index (χ4v) is 6.17. The first kappa shape index (κ1) is 23.3. The molecule has 1 amide bonds. The van der Waals surface area contributed by atoms with E-state index in [4.69, 9.17) is 5.73 Å². The first-order valence-corrected chi connectivity index (χ1v) is 10.3. The van der Waals surface area contributed by atoms with Crippen molar-refractivity contribution in [2.75, 3.05) is 14.1 Å². The zero-order valence-corrected chi connectivity index (χ0v) is 18.2. The lowest BCUT2D eigenvalue weighted by atomic mass is 9.48. The number of aliphatic hydroxyl groups is 5. The molecule has 0 saturated heterocycles. The van der Waals surface area contributed by atoms with Gasteiger partial charge in [-0.25, -0.2) is 0 Å². The van der Waals surface area contributed by atoms with E-state index < -0.39 is 81.8 Å². The van der Waals surface area contributed by atoms with Gasteiger partial charge in [-0.1, -0.05) is 12.1 Å². The number of amides is 1. The molecule has 0 heterocycles. The van der Waals surface area contributed by atoms with Gasteiger partial charge in [-0.3, -0.25) is 19.3 Å². The predicted molar refractivity (Wildman–Crippen MR) is 111 cm³/mol. The third-order valence-corrected chi connectivity index (χ3v) is 7.64. The van der Waals surface area contributed by atoms with Crippen molar-refractivity contribution in [2.45, 2.75) is 42.3 Å². The van der Waals surface area contributed by atoms with Crippen molar-refractivity contribution in [3.63, 3.8) is 0 Å². The number of rotatable bonds is 2. The summed E-state index contributed by atoms with van der Waals surface area (Å²) in [4.78, 5) is 40.5. The van der Waals surface area contributed by atoms with Crippen LogP contribution in [-0.2, 0) is 20.0 Å². The molecule has 0 spiro atoms. The van der Waals surface area contributed by atoms with Crippen LogP contribution >= 0.6 is 0 Å². The summed E-state index contributed by atoms with van der Waals surface area (Å²) in [7, 11) is 2.66. The molecule has 8 N–H and O–H groups in total. The number of phenolic OH excluding ortho intramolecular Hbond substituents is 1. The van der Waals surface area contributed by atoms with E-state index in [-0.39, 0.29) is 11.1 Å². The van der Waals surface area contributed by atoms with Crippen molar-refractivity contribution in [1.29, 1.82) is 0 Å². The van der Waals surface area contributed by atoms with Gasteiger partial charge in [0.1, 0.15) is 17.0 Å². The molecule has 1 aromatic carbocycles. The number of phenols is 1. The molecule has 2 saturated carbocycles. The van der Waals surface area contributed by atoms with E-state index in [1.54, 1.807) is 0 Å². The topological polar surface area (TPSA) is 202 Å². The maximum atomic E-state index is 13.7. The predicted octanol–water partition coefficient (Wildman–Crippen LogP) is -2.09. The van der Waals surface area contributed by atoms with Gasteiger partial charge in [0.05, 0.1) is 40.8 Å². The molecular formula is C22H26N2O9. The smallest absolute Gasteiger partial charge is 0.241 e. The molecule has 0 bridgehead atoms. The minimum absolute atomic E-state index is 0.0248. The number of hydrogen-bond donors (Lipinski definition) is 7. The van der Waals surface area contributed by atoms with Gasteiger partial charge in [0.2, 0.25) is 11.7 Å². The number of benzene rings is 1. The standard InChI is InChI=1S/C22H26N2O9/c1-20(32)8-5-4-6-9(25)12(8)15(28)13-14(20)16(29)17-21(19(23)31,24(2)3)10(26)7-11(27)22(17,33)18(13)30/h4-6,10,14,16-17,25-26,28-29,32-33H,7H2,1-3H3,(H2,23,31)/t10?,14-,16+,17+,20-,21-,22-/m1/s1. The Bertz CT molecular complexity index is 1130. The third kappa shape index (κ3) is 2.48. The van der Waals surface area contributed by atoms with Crippen LogP contribution in [0.3, 0.4) is 0 Å². The number of carbonyl (C=O) groups excluding carboxylic acids is 3. The van der Waals surface area contributed by atoms with Gasteiger partial charge in [0.25, 0.3) is 0 Å². The van der Waals surface area contributed by atoms with Crippen LogP contribution in [0.15, 0.2) is 23.8 Å². The first-order valence-electron chi connectivity index (χ1n) is 10.3. The normalized spacial score (nSPS) is 40.4. The summed E-state index contributed by atoms with van der Waals surface area (Å²) in [6, 6.07) is 3.96. The van der Waals surface area contributed by atoms with E-state index in [0.29, 0.717) is 0 Å². The number of aromatic hydroxyl groups is 1. The van der Waals surface area contributed by atoms with Crippen LogP contribution in [0.25, 0.3) is 5.76 Å². The molecular weight excluding hydrogens is 436 g/mol. The number of carbonyl (C=O) groups is 3. The summed E-state index contributed by atoms with van der Waals surface area (Å²) >= 11 is 0. The van der Waals surface area contributed by atoms with Crippen LogP contribution in [0.4, 0.5) is 0 Å². The number of primary amides is 1. The van der Waals surface area contributed by atoms with Crippen molar-refractivity contribution in [3.05, 3.63) is 34.9 Å². The highest BCUT2D eigenvalue weighted by Crippen LogP contribution is 2.58. The summed E-state index contributed by atoms with van der Waals surface area (Å²) in [6.45, 7) is 1.23. The highest BCUT2D eigenvalue weighted by atomic mass is 16.3. The molecule has 3 aliphatic carbocycles. The Morgan fingerprint density at radius 1 is 1.15 bits per heavy atom. The van der Waals surface area contributed by atoms with E-state index in [0.717, 1.165) is 4.90 Å². The van der Waals surface area contributed by atoms with Crippen molar-refractivity contribution in [2.24, 2.45) is 17.6 Å². The van der Waals surface area contributed by atoms with Crippen molar-refractivity contribution >= 4 is 23.2 Å². The second-order valence-corrected chi connectivity index (χ2v) is 9.38. The summed E-state index contributed by atoms with van der Waals surface area (Å²) in [5, 5.41) is 66.6. The Morgan fingerprint density at radius 2 is 1.76 bits per heavy atom. The third-order valence-electron chi connectivity index (χ3n) is 7.64. The minimum Gasteiger partial charge on any atom is -0.507 e. The second-order valence-electron chi connectivity index (χ2n) is 9.38. The molecule has 11 nitrogen and oxygen atoms in total. The largest absolute Gasteiger partial charge is 0.507 e. The monoisotopic (exact) mass is 462 g/mol. The van der Waals surface area contributed by atoms with Crippen molar-refractivity contribution in [3.8, 4) is 5.75 Å². The van der Waals surface area contributed by atoms with Crippen LogP contribution in [0.5, 0.6) is 5.75 Å². The fraction of sp³-hybridized carbons (Fsp3) is 0.500. The van der Waals surface area contributed by atoms with Crippen LogP contribution in [0, 0.1) is 11.8 Å². The number of likely N-dealkylation sites (N-methyl/N-ethyl adjacent to an activating group) is 1. The Kier molecular flexibility index (Phi) is 4.84. The molecule has 33 heavy (non-hydrogen) atoms. The molecule has 11 heteroatoms. The Morgan fingerprint density at radius 3 is 2.30 bits per heavy atom. The van der Waals surface area contributed by atoms with Gasteiger partial charge in [0.15, 0.2) is 11.4 Å². The van der Waals surface area contributed by atoms with Crippen LogP contribution in [0.2, 0.25) is 0 Å². The number of nitrogens with two attached hydrogens (primary N) is 1. The number of aliphatic hydroxyl groups excluding tert-OH is 3. The molecule has 0 aliphatic heterocycles. The molecule has 0 radical (unpaired) electrons. The Labute approximate surface area is 188 Å². The SMILES string of the molecule is CN(C)[C@]1(C(N)=O)C(O)CC(=O)[C@]2(O)C(=O)C3=C(O)c4c(O)cccc4[C@@](C)(O)[C@H]3[C@H](O)[C@H]21. The average molecular weight is 462 g/mol. The summed E-state index contributed by atoms with van der Waals surface area (Å²) in [6.07, 6.45) is -4.62. The molecule has 2 fully saturated rings. The molecule has 3 aliphatic rings. The number of fused-ring (bicyclic) bond motifs is 3. The van der Waals surface area contributed by atoms with Gasteiger partial charge in [-0.2, -0.15) is 0 Å². The van der Waals surface area contributed by atoms with E-state index in [2.05, 4.69) is 0 Å². The summed E-state index contributed by atoms with van der Waals surface area (Å²) < 4.78 is 0. The molecule has 4 rings (SSSR count). The van der Waals surface area contributed by atoms with Gasteiger partial charge in [-0.05, 0) is 32.6 Å². The first-order chi connectivity index (χ1) is 15.2. The highest BCUT2D eigenvalue weighted by molar-refractivity contribution is 6.22. The maximum Gasteiger partial charge on any atom is 0.241 e. The van der Waals surface area contributed by atoms with Crippen LogP contribution in [-0.4, -0.2) is 90.5 Å². The number of nitrogens with zero attached hydrogens (tertiary/aromatic N) is 1. The van der Waals surface area contributed by atoms with E-state index in [1.165, 1.54) is 39.2 Å². The lowest BCUT2D eigenvalue weighted by Gasteiger charge is -2.60. The Balaban J connectivity index is 2.10. The Hall–Kier alpha value is -2.83. The fourth-order valence-electron chi connectivity index (χ4n) is 6.17. The highest BCUT2D eigenvalue weighted by Gasteiger charge is 2.75. The van der Waals surface area contributed by atoms with E-state index in [1.807, 2.05) is 0 Å². The number of ketones is 2. The zero-order chi connectivity index (χ0) is 24.8. The summed E-state index contributed by atoms with van der Waals surface area (Å²) in [5.41, 5.74) is -2.76. The molecule has 7 atom stereocenters. The number of Topliss-reactive ketones (excluding diaryl/α,β-unsaturated/α-hetero) is 2. The lowest BCUT2D eigenvalue weighted by molar-refractivity contribution is -0.219. The van der Waals surface area contributed by atoms with E-state index >= 15 is 0 Å². The molecule has 0 aromatic heterocycles. The van der Waals surface area contributed by atoms with Crippen LogP contribution < -0.4 is 5.73 Å². The lowest BCUT2D eigenvalue weighted by Crippen LogP contribution is -2.82. The average Bonchev–Trinajstić information content (AvgIpc) is 2.70. The molecule has 1 aromatic rings. The summed E-state index contributed by atoms with van der Waals surface area (Å²) in [5.74, 6) is -8.63. The quantitative estimate of drug-likeness (QED) is 0.239. The molecule has 1 unspecified atom stereocenters. The van der Waals surface area contributed by atoms with Gasteiger partial charge in [-0.15, -0.1) is 0 Å². The maximum absolute atomic E-state index is 13.7. The number of hydrogen-bond acceptors (Lipinski definition) is 10. The zero-order valence-electron chi connectivity index (χ0n) is 18.2. The minimum atomic E-state index is -3.05. The van der Waals surface area contributed by atoms with Gasteiger partial charge < -0.3 is 36.4 Å². The van der Waals surface area contributed by atoms with E-state index in [9.17, 15) is 45.0 Å². The van der Waals surface area contributed by atoms with Crippen molar-refractivity contribution in [1.82, 2.24) is 4.90 Å². The van der Waals surface area contributed by atoms with Crippen molar-refractivity contribution < 1.29 is 45.0 Å². The molecule has 178 valence electrons. The van der Waals surface area contributed by atoms with Gasteiger partial charge in [0, 0.05) is 6.42 Å². The van der Waals surface area contributed by atoms with Crippen LogP contribution in [0.1, 0.15) is 24.5 Å².